The summed E-state index contributed by atoms with van der Waals surface area (Å²) >= 11 is 0. The zero-order valence-corrected chi connectivity index (χ0v) is 13.3. The molecule has 3 rings (SSSR count). The lowest BCUT2D eigenvalue weighted by Gasteiger charge is -2.09. The summed E-state index contributed by atoms with van der Waals surface area (Å²) in [5.41, 5.74) is 1.88. The van der Waals surface area contributed by atoms with Gasteiger partial charge in [-0.05, 0) is 31.2 Å². The maximum atomic E-state index is 12.4. The van der Waals surface area contributed by atoms with Crippen molar-refractivity contribution in [2.75, 3.05) is 13.6 Å². The third-order valence-electron chi connectivity index (χ3n) is 3.47. The van der Waals surface area contributed by atoms with Gasteiger partial charge in [0.05, 0.1) is 18.0 Å². The highest BCUT2D eigenvalue weighted by Crippen LogP contribution is 2.22. The van der Waals surface area contributed by atoms with Crippen molar-refractivity contribution in [1.29, 1.82) is 5.26 Å². The van der Waals surface area contributed by atoms with Gasteiger partial charge in [0.1, 0.15) is 6.54 Å². The van der Waals surface area contributed by atoms with E-state index in [0.717, 1.165) is 11.3 Å². The van der Waals surface area contributed by atoms with Crippen LogP contribution in [0, 0.1) is 18.3 Å². The molecule has 0 aliphatic heterocycles. The van der Waals surface area contributed by atoms with E-state index in [4.69, 9.17) is 9.68 Å². The lowest BCUT2D eigenvalue weighted by molar-refractivity contribution is 0.0800. The van der Waals surface area contributed by atoms with Crippen molar-refractivity contribution in [2.24, 2.45) is 0 Å². The summed E-state index contributed by atoms with van der Waals surface area (Å²) < 4.78 is 6.97. The number of rotatable bonds is 4. The molecule has 0 aliphatic carbocycles. The summed E-state index contributed by atoms with van der Waals surface area (Å²) in [6, 6.07) is 13.1. The van der Waals surface area contributed by atoms with Crippen LogP contribution in [0.2, 0.25) is 0 Å². The molecule has 1 amide bonds. The molecule has 2 aromatic heterocycles. The zero-order chi connectivity index (χ0) is 17.1. The number of carbonyl (C=O) groups is 1. The molecule has 0 saturated carbocycles. The van der Waals surface area contributed by atoms with Gasteiger partial charge in [-0.1, -0.05) is 17.7 Å². The van der Waals surface area contributed by atoms with E-state index < -0.39 is 5.91 Å². The summed E-state index contributed by atoms with van der Waals surface area (Å²) in [7, 11) is 1.53. The fraction of sp³-hybridized carbons (Fsp3) is 0.176. The van der Waals surface area contributed by atoms with Gasteiger partial charge in [0, 0.05) is 7.05 Å². The molecular weight excluding hydrogens is 306 g/mol. The molecule has 120 valence electrons. The van der Waals surface area contributed by atoms with Crippen LogP contribution in [0.25, 0.3) is 17.3 Å². The van der Waals surface area contributed by atoms with Gasteiger partial charge in [0.15, 0.2) is 11.6 Å². The SMILES string of the molecule is Cc1ccc(-n2nc(C(=O)N(C)CC#N)nc2-c2ccco2)cc1. The number of nitriles is 1. The Morgan fingerprint density at radius 2 is 2.08 bits per heavy atom. The summed E-state index contributed by atoms with van der Waals surface area (Å²) in [4.78, 5) is 17.9. The van der Waals surface area contributed by atoms with E-state index in [1.54, 1.807) is 16.8 Å². The number of furan rings is 1. The van der Waals surface area contributed by atoms with Gasteiger partial charge in [-0.2, -0.15) is 10.2 Å². The van der Waals surface area contributed by atoms with Crippen LogP contribution in [0.3, 0.4) is 0 Å². The molecule has 0 spiro atoms. The predicted molar refractivity (Wildman–Crippen MR) is 86.4 cm³/mol. The summed E-state index contributed by atoms with van der Waals surface area (Å²) in [6.07, 6.45) is 1.53. The highest BCUT2D eigenvalue weighted by molar-refractivity contribution is 5.91. The van der Waals surface area contributed by atoms with Crippen LogP contribution in [0.4, 0.5) is 0 Å². The molecule has 2 heterocycles. The molecule has 0 fully saturated rings. The molecule has 0 bridgehead atoms. The van der Waals surface area contributed by atoms with E-state index in [2.05, 4.69) is 10.1 Å². The van der Waals surface area contributed by atoms with E-state index in [9.17, 15) is 4.79 Å². The van der Waals surface area contributed by atoms with Gasteiger partial charge in [-0.3, -0.25) is 4.79 Å². The largest absolute Gasteiger partial charge is 0.461 e. The maximum absolute atomic E-state index is 12.4. The van der Waals surface area contributed by atoms with Crippen molar-refractivity contribution in [1.82, 2.24) is 19.7 Å². The molecule has 0 saturated heterocycles. The van der Waals surface area contributed by atoms with Gasteiger partial charge >= 0.3 is 0 Å². The minimum Gasteiger partial charge on any atom is -0.461 e. The van der Waals surface area contributed by atoms with Crippen molar-refractivity contribution in [2.45, 2.75) is 6.92 Å². The number of aryl methyl sites for hydroxylation is 1. The molecule has 0 unspecified atom stereocenters. The summed E-state index contributed by atoms with van der Waals surface area (Å²) in [6.45, 7) is 1.96. The van der Waals surface area contributed by atoms with Crippen LogP contribution in [-0.4, -0.2) is 39.2 Å². The highest BCUT2D eigenvalue weighted by Gasteiger charge is 2.22. The van der Waals surface area contributed by atoms with E-state index in [0.29, 0.717) is 11.6 Å². The Kier molecular flexibility index (Phi) is 4.12. The first-order chi connectivity index (χ1) is 11.6. The normalized spacial score (nSPS) is 10.4. The smallest absolute Gasteiger partial charge is 0.294 e. The third kappa shape index (κ3) is 2.90. The monoisotopic (exact) mass is 321 g/mol. The van der Waals surface area contributed by atoms with E-state index >= 15 is 0 Å². The van der Waals surface area contributed by atoms with Crippen LogP contribution < -0.4 is 0 Å². The minimum absolute atomic E-state index is 0.0136. The highest BCUT2D eigenvalue weighted by atomic mass is 16.3. The van der Waals surface area contributed by atoms with Crippen LogP contribution in [0.5, 0.6) is 0 Å². The van der Waals surface area contributed by atoms with Gasteiger partial charge in [0.2, 0.25) is 5.82 Å². The first-order valence-electron chi connectivity index (χ1n) is 7.30. The minimum atomic E-state index is -0.421. The zero-order valence-electron chi connectivity index (χ0n) is 13.3. The molecule has 0 radical (unpaired) electrons. The number of carbonyl (C=O) groups excluding carboxylic acids is 1. The van der Waals surface area contributed by atoms with Gasteiger partial charge in [-0.15, -0.1) is 5.10 Å². The fourth-order valence-corrected chi connectivity index (χ4v) is 2.18. The molecule has 0 atom stereocenters. The van der Waals surface area contributed by atoms with Crippen molar-refractivity contribution < 1.29 is 9.21 Å². The van der Waals surface area contributed by atoms with Crippen molar-refractivity contribution in [3.63, 3.8) is 0 Å². The van der Waals surface area contributed by atoms with E-state index in [1.165, 1.54) is 18.2 Å². The Balaban J connectivity index is 2.08. The standard InChI is InChI=1S/C17H15N5O2/c1-12-5-7-13(8-6-12)22-16(14-4-3-11-24-14)19-15(20-22)17(23)21(2)10-9-18/h3-8,11H,10H2,1-2H3. The summed E-state index contributed by atoms with van der Waals surface area (Å²) in [5.74, 6) is 0.526. The first kappa shape index (κ1) is 15.5. The van der Waals surface area contributed by atoms with E-state index in [-0.39, 0.29) is 12.4 Å². The lowest BCUT2D eigenvalue weighted by atomic mass is 10.2. The Morgan fingerprint density at radius 3 is 2.71 bits per heavy atom. The number of nitrogens with zero attached hydrogens (tertiary/aromatic N) is 5. The van der Waals surface area contributed by atoms with Crippen molar-refractivity contribution in [3.8, 4) is 23.3 Å². The van der Waals surface area contributed by atoms with Gasteiger partial charge < -0.3 is 9.32 Å². The van der Waals surface area contributed by atoms with Crippen molar-refractivity contribution >= 4 is 5.91 Å². The number of hydrogen-bond acceptors (Lipinski definition) is 5. The predicted octanol–water partition coefficient (Wildman–Crippen LogP) is 2.43. The van der Waals surface area contributed by atoms with Crippen molar-refractivity contribution in [3.05, 3.63) is 54.0 Å². The lowest BCUT2D eigenvalue weighted by Crippen LogP contribution is -2.28. The third-order valence-corrected chi connectivity index (χ3v) is 3.47. The van der Waals surface area contributed by atoms with Gasteiger partial charge in [0.25, 0.3) is 5.91 Å². The van der Waals surface area contributed by atoms with Crippen LogP contribution in [0.15, 0.2) is 47.1 Å². The maximum Gasteiger partial charge on any atom is 0.294 e. The molecule has 24 heavy (non-hydrogen) atoms. The first-order valence-corrected chi connectivity index (χ1v) is 7.30. The van der Waals surface area contributed by atoms with Crippen LogP contribution in [0.1, 0.15) is 16.2 Å². The average molecular weight is 321 g/mol. The molecule has 1 aromatic carbocycles. The number of hydrogen-bond donors (Lipinski definition) is 0. The number of amides is 1. The van der Waals surface area contributed by atoms with Crippen LogP contribution >= 0.6 is 0 Å². The van der Waals surface area contributed by atoms with Crippen LogP contribution in [-0.2, 0) is 0 Å². The molecule has 7 nitrogen and oxygen atoms in total. The molecular formula is C17H15N5O2. The second-order valence-corrected chi connectivity index (χ2v) is 5.30. The molecule has 7 heteroatoms. The average Bonchev–Trinajstić information content (AvgIpc) is 3.24. The fourth-order valence-electron chi connectivity index (χ4n) is 2.18. The Morgan fingerprint density at radius 1 is 1.33 bits per heavy atom. The number of benzene rings is 1. The second kappa shape index (κ2) is 6.38. The molecule has 0 aliphatic rings. The Labute approximate surface area is 138 Å². The topological polar surface area (TPSA) is 88.0 Å². The quantitative estimate of drug-likeness (QED) is 0.689. The molecule has 3 aromatic rings. The number of aromatic nitrogens is 3. The Hall–Kier alpha value is -3.40. The van der Waals surface area contributed by atoms with E-state index in [1.807, 2.05) is 37.3 Å². The summed E-state index contributed by atoms with van der Waals surface area (Å²) in [5, 5.41) is 13.1. The van der Waals surface area contributed by atoms with Gasteiger partial charge in [-0.25, -0.2) is 4.68 Å². The molecule has 0 N–H and O–H groups in total. The second-order valence-electron chi connectivity index (χ2n) is 5.30. The Bertz CT molecular complexity index is 888.